The Bertz CT molecular complexity index is 1890. The molecule has 0 aliphatic heterocycles. The number of ketones is 2. The van der Waals surface area contributed by atoms with Crippen LogP contribution in [-0.2, 0) is 16.0 Å². The van der Waals surface area contributed by atoms with Gasteiger partial charge in [0.1, 0.15) is 5.75 Å². The van der Waals surface area contributed by atoms with Crippen molar-refractivity contribution < 1.29 is 38.6 Å². The third-order valence-electron chi connectivity index (χ3n) is 7.10. The number of aromatic nitrogens is 4. The Labute approximate surface area is 250 Å². The molecule has 0 spiro atoms. The molecular formula is C32H26N4O8. The molecular weight excluding hydrogens is 568 g/mol. The zero-order valence-electron chi connectivity index (χ0n) is 23.9. The van der Waals surface area contributed by atoms with Gasteiger partial charge < -0.3 is 9.84 Å². The minimum Gasteiger partial charge on any atom is -0.481 e. The van der Waals surface area contributed by atoms with E-state index >= 15 is 0 Å². The highest BCUT2D eigenvalue weighted by Gasteiger charge is 2.32. The molecule has 0 amide bonds. The Morgan fingerprint density at radius 1 is 0.864 bits per heavy atom. The molecule has 0 fully saturated rings. The number of rotatable bonds is 5. The average Bonchev–Trinajstić information content (AvgIpc) is 3.75. The smallest absolute Gasteiger partial charge is 0.308 e. The van der Waals surface area contributed by atoms with Gasteiger partial charge in [-0.1, -0.05) is 12.1 Å². The molecule has 12 nitrogen and oxygen atoms in total. The molecule has 222 valence electrons. The second kappa shape index (κ2) is 11.8. The summed E-state index contributed by atoms with van der Waals surface area (Å²) in [7, 11) is 0. The summed E-state index contributed by atoms with van der Waals surface area (Å²) in [6, 6.07) is 13.4. The molecule has 0 bridgehead atoms. The van der Waals surface area contributed by atoms with E-state index < -0.39 is 11.9 Å². The summed E-state index contributed by atoms with van der Waals surface area (Å²) in [5, 5.41) is 17.2. The van der Waals surface area contributed by atoms with Crippen LogP contribution < -0.4 is 4.74 Å². The summed E-state index contributed by atoms with van der Waals surface area (Å²) in [6.07, 6.45) is 4.78. The standard InChI is InChI=1S/C16H12N2O4.C16H14N2O4/c1-9(19)18-6-5-15(17-18)13-8-16(21)14-7-11(22-10(2)20)3-4-12(13)14;1-9(19)18-5-4-14(17-18)12-8-15(20)13-6-10(7-16(21)22)2-3-11(12)13/h3-8H,1-2H3;2-6,12H,7-8H2,1H3,(H,21,22). The van der Waals surface area contributed by atoms with Crippen molar-refractivity contribution in [1.29, 1.82) is 0 Å². The summed E-state index contributed by atoms with van der Waals surface area (Å²) >= 11 is 0. The molecule has 1 atom stereocenters. The lowest BCUT2D eigenvalue weighted by atomic mass is 9.96. The SMILES string of the molecule is CC(=O)Oc1ccc2c(c1)C(=O)C=C2c1ccn(C(C)=O)n1.CC(=O)n1ccc(C2CC(=O)c3cc(CC(=O)O)ccc32)n1. The molecule has 0 saturated carbocycles. The number of Topliss-reactive ketones (excluding diaryl/α,β-unsaturated/α-hetero) is 1. The molecule has 0 saturated heterocycles. The number of hydrogen-bond acceptors (Lipinski definition) is 9. The van der Waals surface area contributed by atoms with Gasteiger partial charge in [-0.3, -0.25) is 28.8 Å². The highest BCUT2D eigenvalue weighted by atomic mass is 16.5. The number of allylic oxidation sites excluding steroid dienone is 1. The van der Waals surface area contributed by atoms with E-state index in [0.717, 1.165) is 5.56 Å². The molecule has 2 aromatic heterocycles. The first kappa shape index (κ1) is 29.7. The van der Waals surface area contributed by atoms with Gasteiger partial charge >= 0.3 is 11.9 Å². The number of fused-ring (bicyclic) bond motifs is 2. The molecule has 2 aromatic carbocycles. The van der Waals surface area contributed by atoms with Crippen molar-refractivity contribution >= 4 is 40.9 Å². The van der Waals surface area contributed by atoms with Gasteiger partial charge in [0.2, 0.25) is 11.8 Å². The van der Waals surface area contributed by atoms with Crippen molar-refractivity contribution in [1.82, 2.24) is 19.6 Å². The van der Waals surface area contributed by atoms with Gasteiger partial charge in [-0.2, -0.15) is 10.2 Å². The fourth-order valence-corrected chi connectivity index (χ4v) is 5.13. The van der Waals surface area contributed by atoms with Crippen LogP contribution >= 0.6 is 0 Å². The quantitative estimate of drug-likeness (QED) is 0.264. The molecule has 2 aliphatic carbocycles. The van der Waals surface area contributed by atoms with Crippen LogP contribution in [0, 0.1) is 0 Å². The summed E-state index contributed by atoms with van der Waals surface area (Å²) in [5.74, 6) is -1.83. The topological polar surface area (TPSA) is 168 Å². The number of esters is 1. The minimum absolute atomic E-state index is 0.0235. The highest BCUT2D eigenvalue weighted by molar-refractivity contribution is 6.18. The van der Waals surface area contributed by atoms with Crippen molar-refractivity contribution in [3.8, 4) is 5.75 Å². The van der Waals surface area contributed by atoms with Crippen LogP contribution in [-0.4, -0.2) is 60.0 Å². The Balaban J connectivity index is 0.000000175. The molecule has 44 heavy (non-hydrogen) atoms. The molecule has 1 N–H and O–H groups in total. The first-order valence-corrected chi connectivity index (χ1v) is 13.5. The number of carbonyl (C=O) groups is 6. The summed E-state index contributed by atoms with van der Waals surface area (Å²) in [6.45, 7) is 4.13. The molecule has 1 unspecified atom stereocenters. The number of carboxylic acids is 1. The zero-order chi connectivity index (χ0) is 31.7. The van der Waals surface area contributed by atoms with Crippen molar-refractivity contribution in [2.24, 2.45) is 0 Å². The lowest BCUT2D eigenvalue weighted by Crippen LogP contribution is -2.07. The molecule has 2 heterocycles. The summed E-state index contributed by atoms with van der Waals surface area (Å²) in [5.41, 5.74) is 5.02. The van der Waals surface area contributed by atoms with Gasteiger partial charge in [-0.15, -0.1) is 0 Å². The lowest BCUT2D eigenvalue weighted by molar-refractivity contribution is -0.136. The third kappa shape index (κ3) is 6.04. The molecule has 4 aromatic rings. The van der Waals surface area contributed by atoms with E-state index in [2.05, 4.69) is 10.2 Å². The zero-order valence-corrected chi connectivity index (χ0v) is 23.9. The fourth-order valence-electron chi connectivity index (χ4n) is 5.13. The van der Waals surface area contributed by atoms with Crippen LogP contribution in [0.4, 0.5) is 0 Å². The average molecular weight is 595 g/mol. The fraction of sp³-hybridized carbons (Fsp3) is 0.188. The number of benzene rings is 2. The number of carboxylic acid groups (broad SMARTS) is 1. The van der Waals surface area contributed by atoms with Crippen LogP contribution in [0.3, 0.4) is 0 Å². The van der Waals surface area contributed by atoms with Crippen LogP contribution in [0.5, 0.6) is 5.75 Å². The van der Waals surface area contributed by atoms with Crippen molar-refractivity contribution in [2.45, 2.75) is 39.5 Å². The Hall–Kier alpha value is -5.78. The van der Waals surface area contributed by atoms with Gasteiger partial charge in [-0.05, 0) is 59.2 Å². The number of hydrogen-bond donors (Lipinski definition) is 1. The van der Waals surface area contributed by atoms with Crippen LogP contribution in [0.2, 0.25) is 0 Å². The number of nitrogens with zero attached hydrogens (tertiary/aromatic N) is 4. The second-order valence-electron chi connectivity index (χ2n) is 10.3. The Morgan fingerprint density at radius 3 is 2.20 bits per heavy atom. The van der Waals surface area contributed by atoms with E-state index in [9.17, 15) is 28.8 Å². The number of carbonyl (C=O) groups excluding carboxylic acids is 5. The van der Waals surface area contributed by atoms with Crippen LogP contribution in [0.15, 0.2) is 67.0 Å². The first-order chi connectivity index (χ1) is 20.9. The lowest BCUT2D eigenvalue weighted by Gasteiger charge is -2.08. The van der Waals surface area contributed by atoms with Gasteiger partial charge in [0.15, 0.2) is 11.6 Å². The largest absolute Gasteiger partial charge is 0.481 e. The van der Waals surface area contributed by atoms with E-state index in [0.29, 0.717) is 51.4 Å². The van der Waals surface area contributed by atoms with Crippen LogP contribution in [0.1, 0.15) is 91.5 Å². The van der Waals surface area contributed by atoms with E-state index in [1.165, 1.54) is 42.3 Å². The van der Waals surface area contributed by atoms with Crippen molar-refractivity contribution in [2.75, 3.05) is 0 Å². The summed E-state index contributed by atoms with van der Waals surface area (Å²) in [4.78, 5) is 68.6. The van der Waals surface area contributed by atoms with Gasteiger partial charge in [0.25, 0.3) is 0 Å². The monoisotopic (exact) mass is 594 g/mol. The number of ether oxygens (including phenoxy) is 1. The van der Waals surface area contributed by atoms with E-state index in [-0.39, 0.29) is 35.7 Å². The van der Waals surface area contributed by atoms with Crippen molar-refractivity contribution in [3.63, 3.8) is 0 Å². The van der Waals surface area contributed by atoms with Gasteiger partial charge in [-0.25, -0.2) is 9.36 Å². The van der Waals surface area contributed by atoms with Crippen molar-refractivity contribution in [3.05, 3.63) is 106 Å². The van der Waals surface area contributed by atoms with E-state index in [1.807, 2.05) is 0 Å². The normalized spacial score (nSPS) is 14.7. The highest BCUT2D eigenvalue weighted by Crippen LogP contribution is 2.38. The maximum absolute atomic E-state index is 12.2. The predicted octanol–water partition coefficient (Wildman–Crippen LogP) is 3.99. The molecule has 6 rings (SSSR count). The van der Waals surface area contributed by atoms with E-state index in [4.69, 9.17) is 9.84 Å². The second-order valence-corrected chi connectivity index (χ2v) is 10.3. The third-order valence-corrected chi connectivity index (χ3v) is 7.10. The van der Waals surface area contributed by atoms with E-state index in [1.54, 1.807) is 54.9 Å². The molecule has 12 heteroatoms. The summed E-state index contributed by atoms with van der Waals surface area (Å²) < 4.78 is 7.45. The van der Waals surface area contributed by atoms with Gasteiger partial charge in [0, 0.05) is 62.2 Å². The first-order valence-electron chi connectivity index (χ1n) is 13.5. The van der Waals surface area contributed by atoms with Gasteiger partial charge in [0.05, 0.1) is 17.8 Å². The number of aliphatic carboxylic acids is 1. The predicted molar refractivity (Wildman–Crippen MR) is 155 cm³/mol. The Morgan fingerprint density at radius 2 is 1.57 bits per heavy atom. The minimum atomic E-state index is -0.929. The molecule has 0 radical (unpaired) electrons. The molecule has 2 aliphatic rings. The Kier molecular flexibility index (Phi) is 7.99. The van der Waals surface area contributed by atoms with Crippen LogP contribution in [0.25, 0.3) is 5.57 Å². The maximum atomic E-state index is 12.2. The maximum Gasteiger partial charge on any atom is 0.308 e.